The predicted molar refractivity (Wildman–Crippen MR) is 79.2 cm³/mol. The van der Waals surface area contributed by atoms with Crippen LogP contribution in [-0.2, 0) is 16.6 Å². The van der Waals surface area contributed by atoms with Gasteiger partial charge in [0.1, 0.15) is 6.04 Å². The van der Waals surface area contributed by atoms with Crippen molar-refractivity contribution in [1.29, 1.82) is 0 Å². The van der Waals surface area contributed by atoms with Crippen LogP contribution in [-0.4, -0.2) is 60.0 Å². The fourth-order valence-corrected chi connectivity index (χ4v) is 2.38. The molecule has 0 saturated carbocycles. The molecule has 1 aliphatic rings. The Morgan fingerprint density at radius 1 is 1.48 bits per heavy atom. The molecular weight excluding hydrogens is 270 g/mol. The number of hydrogen-bond acceptors (Lipinski definition) is 4. The van der Waals surface area contributed by atoms with Gasteiger partial charge in [-0.1, -0.05) is 6.92 Å². The second-order valence-corrected chi connectivity index (χ2v) is 5.34. The van der Waals surface area contributed by atoms with Crippen molar-refractivity contribution in [1.82, 2.24) is 14.8 Å². The van der Waals surface area contributed by atoms with Crippen LogP contribution in [0.2, 0.25) is 0 Å². The van der Waals surface area contributed by atoms with Crippen molar-refractivity contribution in [2.24, 2.45) is 7.05 Å². The van der Waals surface area contributed by atoms with Crippen molar-refractivity contribution in [2.75, 3.05) is 32.8 Å². The van der Waals surface area contributed by atoms with Gasteiger partial charge in [0.15, 0.2) is 5.78 Å². The molecule has 1 saturated heterocycles. The van der Waals surface area contributed by atoms with Crippen LogP contribution < -0.4 is 5.32 Å². The molecule has 1 unspecified atom stereocenters. The summed E-state index contributed by atoms with van der Waals surface area (Å²) in [5.41, 5.74) is 0.678. The van der Waals surface area contributed by atoms with Crippen molar-refractivity contribution in [3.63, 3.8) is 0 Å². The summed E-state index contributed by atoms with van der Waals surface area (Å²) >= 11 is 0. The number of nitrogens with one attached hydrogen (secondary N) is 1. The smallest absolute Gasteiger partial charge is 0.239 e. The van der Waals surface area contributed by atoms with E-state index in [1.54, 1.807) is 12.3 Å². The van der Waals surface area contributed by atoms with Crippen LogP contribution in [0, 0.1) is 0 Å². The zero-order valence-electron chi connectivity index (χ0n) is 12.7. The number of ketones is 1. The van der Waals surface area contributed by atoms with Gasteiger partial charge in [-0.2, -0.15) is 0 Å². The second-order valence-electron chi connectivity index (χ2n) is 5.34. The SMILES string of the molecule is CCCNC(=O)C1COCCN1CC(=O)c1ccn(C)c1. The number of carbonyl (C=O) groups is 2. The Bertz CT molecular complexity index is 498. The molecular formula is C15H23N3O3. The number of Topliss-reactive ketones (excluding diaryl/α,β-unsaturated/α-hetero) is 1. The molecule has 1 aromatic rings. The van der Waals surface area contributed by atoms with Crippen molar-refractivity contribution in [3.05, 3.63) is 24.0 Å². The number of amides is 1. The Balaban J connectivity index is 1.98. The Morgan fingerprint density at radius 3 is 2.95 bits per heavy atom. The molecule has 0 spiro atoms. The van der Waals surface area contributed by atoms with Crippen LogP contribution in [0.25, 0.3) is 0 Å². The normalized spacial score (nSPS) is 19.4. The van der Waals surface area contributed by atoms with E-state index in [2.05, 4.69) is 5.32 Å². The van der Waals surface area contributed by atoms with E-state index in [1.165, 1.54) is 0 Å². The van der Waals surface area contributed by atoms with Crippen molar-refractivity contribution in [2.45, 2.75) is 19.4 Å². The Labute approximate surface area is 125 Å². The number of carbonyl (C=O) groups excluding carboxylic acids is 2. The summed E-state index contributed by atoms with van der Waals surface area (Å²) in [6.07, 6.45) is 4.54. The lowest BCUT2D eigenvalue weighted by Gasteiger charge is -2.33. The summed E-state index contributed by atoms with van der Waals surface area (Å²) in [6, 6.07) is 1.42. The fourth-order valence-electron chi connectivity index (χ4n) is 2.38. The molecule has 0 aromatic carbocycles. The molecule has 2 heterocycles. The average Bonchev–Trinajstić information content (AvgIpc) is 2.92. The van der Waals surface area contributed by atoms with E-state index in [0.29, 0.717) is 31.9 Å². The highest BCUT2D eigenvalue weighted by atomic mass is 16.5. The number of ether oxygens (including phenoxy) is 1. The topological polar surface area (TPSA) is 63.6 Å². The fraction of sp³-hybridized carbons (Fsp3) is 0.600. The maximum atomic E-state index is 12.3. The summed E-state index contributed by atoms with van der Waals surface area (Å²) in [5, 5.41) is 2.87. The number of rotatable bonds is 6. The summed E-state index contributed by atoms with van der Waals surface area (Å²) < 4.78 is 7.23. The van der Waals surface area contributed by atoms with Crippen LogP contribution in [0.5, 0.6) is 0 Å². The third-order valence-electron chi connectivity index (χ3n) is 3.59. The minimum absolute atomic E-state index is 0.0331. The molecule has 6 nitrogen and oxygen atoms in total. The summed E-state index contributed by atoms with van der Waals surface area (Å²) in [5.74, 6) is -0.0248. The summed E-state index contributed by atoms with van der Waals surface area (Å²) in [6.45, 7) is 4.40. The molecule has 116 valence electrons. The van der Waals surface area contributed by atoms with Crippen LogP contribution >= 0.6 is 0 Å². The van der Waals surface area contributed by atoms with Gasteiger partial charge in [0.05, 0.1) is 19.8 Å². The number of nitrogens with zero attached hydrogens (tertiary/aromatic N) is 2. The zero-order valence-corrected chi connectivity index (χ0v) is 12.7. The molecule has 2 rings (SSSR count). The van der Waals surface area contributed by atoms with E-state index in [4.69, 9.17) is 4.74 Å². The summed E-state index contributed by atoms with van der Waals surface area (Å²) in [7, 11) is 1.88. The first-order valence-electron chi connectivity index (χ1n) is 7.36. The maximum absolute atomic E-state index is 12.3. The lowest BCUT2D eigenvalue weighted by Crippen LogP contribution is -2.55. The second kappa shape index (κ2) is 7.38. The van der Waals surface area contributed by atoms with E-state index >= 15 is 0 Å². The number of hydrogen-bond donors (Lipinski definition) is 1. The van der Waals surface area contributed by atoms with Crippen molar-refractivity contribution >= 4 is 11.7 Å². The Morgan fingerprint density at radius 2 is 2.29 bits per heavy atom. The molecule has 1 fully saturated rings. The van der Waals surface area contributed by atoms with Gasteiger partial charge in [0.2, 0.25) is 5.91 Å². The van der Waals surface area contributed by atoms with Gasteiger partial charge in [0.25, 0.3) is 0 Å². The molecule has 0 radical (unpaired) electrons. The maximum Gasteiger partial charge on any atom is 0.239 e. The highest BCUT2D eigenvalue weighted by molar-refractivity contribution is 5.97. The Hall–Kier alpha value is -1.66. The van der Waals surface area contributed by atoms with Gasteiger partial charge in [-0.3, -0.25) is 14.5 Å². The van der Waals surface area contributed by atoms with Crippen LogP contribution in [0.1, 0.15) is 23.7 Å². The lowest BCUT2D eigenvalue weighted by molar-refractivity contribution is -0.132. The molecule has 21 heavy (non-hydrogen) atoms. The molecule has 0 aliphatic carbocycles. The van der Waals surface area contributed by atoms with Crippen LogP contribution in [0.4, 0.5) is 0 Å². The van der Waals surface area contributed by atoms with Crippen LogP contribution in [0.3, 0.4) is 0 Å². The standard InChI is InChI=1S/C15H23N3O3/c1-3-5-16-15(20)13-11-21-8-7-18(13)10-14(19)12-4-6-17(2)9-12/h4,6,9,13H,3,5,7-8,10-11H2,1-2H3,(H,16,20). The lowest BCUT2D eigenvalue weighted by atomic mass is 10.1. The molecule has 1 atom stereocenters. The van der Waals surface area contributed by atoms with Crippen LogP contribution in [0.15, 0.2) is 18.5 Å². The third kappa shape index (κ3) is 4.15. The first-order chi connectivity index (χ1) is 10.1. The van der Waals surface area contributed by atoms with Gasteiger partial charge in [-0.25, -0.2) is 0 Å². The van der Waals surface area contributed by atoms with Gasteiger partial charge in [-0.05, 0) is 12.5 Å². The van der Waals surface area contributed by atoms with Gasteiger partial charge in [0, 0.05) is 38.1 Å². The number of aryl methyl sites for hydroxylation is 1. The highest BCUT2D eigenvalue weighted by Crippen LogP contribution is 2.10. The van der Waals surface area contributed by atoms with E-state index in [0.717, 1.165) is 6.42 Å². The number of morpholine rings is 1. The Kier molecular flexibility index (Phi) is 5.52. The molecule has 1 aromatic heterocycles. The van der Waals surface area contributed by atoms with E-state index in [-0.39, 0.29) is 24.3 Å². The minimum atomic E-state index is -0.377. The summed E-state index contributed by atoms with van der Waals surface area (Å²) in [4.78, 5) is 26.3. The average molecular weight is 293 g/mol. The van der Waals surface area contributed by atoms with Gasteiger partial charge in [-0.15, -0.1) is 0 Å². The molecule has 0 bridgehead atoms. The minimum Gasteiger partial charge on any atom is -0.378 e. The third-order valence-corrected chi connectivity index (χ3v) is 3.59. The van der Waals surface area contributed by atoms with E-state index in [9.17, 15) is 9.59 Å². The molecule has 1 aliphatic heterocycles. The predicted octanol–water partition coefficient (Wildman–Crippen LogP) is 0.435. The van der Waals surface area contributed by atoms with E-state index < -0.39 is 0 Å². The first kappa shape index (κ1) is 15.7. The molecule has 6 heteroatoms. The highest BCUT2D eigenvalue weighted by Gasteiger charge is 2.30. The largest absolute Gasteiger partial charge is 0.378 e. The zero-order chi connectivity index (χ0) is 15.2. The first-order valence-corrected chi connectivity index (χ1v) is 7.36. The van der Waals surface area contributed by atoms with Gasteiger partial charge < -0.3 is 14.6 Å². The van der Waals surface area contributed by atoms with Crippen molar-refractivity contribution in [3.8, 4) is 0 Å². The number of aromatic nitrogens is 1. The molecule has 1 amide bonds. The monoisotopic (exact) mass is 293 g/mol. The van der Waals surface area contributed by atoms with E-state index in [1.807, 2.05) is 29.6 Å². The molecule has 1 N–H and O–H groups in total. The quantitative estimate of drug-likeness (QED) is 0.773. The van der Waals surface area contributed by atoms with Gasteiger partial charge >= 0.3 is 0 Å². The van der Waals surface area contributed by atoms with Crippen molar-refractivity contribution < 1.29 is 14.3 Å².